The van der Waals surface area contributed by atoms with E-state index < -0.39 is 5.60 Å². The van der Waals surface area contributed by atoms with Crippen molar-refractivity contribution in [3.8, 4) is 5.75 Å². The Morgan fingerprint density at radius 1 is 1.32 bits per heavy atom. The van der Waals surface area contributed by atoms with Gasteiger partial charge < -0.3 is 15.2 Å². The zero-order valence-electron chi connectivity index (χ0n) is 11.4. The SMILES string of the molecule is CCOc1ccc(NCC2(O)CCCCC2)cc1F. The molecule has 0 atom stereocenters. The van der Waals surface area contributed by atoms with Crippen molar-refractivity contribution in [1.29, 1.82) is 0 Å². The Morgan fingerprint density at radius 2 is 2.05 bits per heavy atom. The summed E-state index contributed by atoms with van der Waals surface area (Å²) in [7, 11) is 0. The minimum absolute atomic E-state index is 0.268. The van der Waals surface area contributed by atoms with Crippen LogP contribution in [0.5, 0.6) is 5.75 Å². The summed E-state index contributed by atoms with van der Waals surface area (Å²) in [5, 5.41) is 13.5. The van der Waals surface area contributed by atoms with Gasteiger partial charge in [0.1, 0.15) is 0 Å². The molecule has 106 valence electrons. The third-order valence-corrected chi connectivity index (χ3v) is 3.64. The Balaban J connectivity index is 1.94. The fourth-order valence-corrected chi connectivity index (χ4v) is 2.54. The van der Waals surface area contributed by atoms with Crippen molar-refractivity contribution in [2.24, 2.45) is 0 Å². The highest BCUT2D eigenvalue weighted by Crippen LogP contribution is 2.29. The van der Waals surface area contributed by atoms with Gasteiger partial charge in [-0.25, -0.2) is 4.39 Å². The second-order valence-electron chi connectivity index (χ2n) is 5.22. The van der Waals surface area contributed by atoms with E-state index in [1.165, 1.54) is 12.5 Å². The first-order chi connectivity index (χ1) is 9.13. The molecule has 1 aromatic rings. The molecule has 1 aromatic carbocycles. The van der Waals surface area contributed by atoms with E-state index in [4.69, 9.17) is 4.74 Å². The Labute approximate surface area is 113 Å². The molecule has 19 heavy (non-hydrogen) atoms. The van der Waals surface area contributed by atoms with E-state index in [0.717, 1.165) is 25.7 Å². The van der Waals surface area contributed by atoms with Gasteiger partial charge in [0.05, 0.1) is 12.2 Å². The smallest absolute Gasteiger partial charge is 0.167 e. The lowest BCUT2D eigenvalue weighted by Crippen LogP contribution is -2.38. The lowest BCUT2D eigenvalue weighted by atomic mass is 9.85. The molecule has 1 saturated carbocycles. The van der Waals surface area contributed by atoms with Crippen molar-refractivity contribution in [3.05, 3.63) is 24.0 Å². The highest BCUT2D eigenvalue weighted by atomic mass is 19.1. The van der Waals surface area contributed by atoms with E-state index >= 15 is 0 Å². The summed E-state index contributed by atoms with van der Waals surface area (Å²) in [5.41, 5.74) is 0.0350. The van der Waals surface area contributed by atoms with E-state index in [-0.39, 0.29) is 11.6 Å². The van der Waals surface area contributed by atoms with Crippen LogP contribution in [-0.2, 0) is 0 Å². The van der Waals surface area contributed by atoms with Gasteiger partial charge in [0.15, 0.2) is 11.6 Å². The van der Waals surface area contributed by atoms with Crippen LogP contribution in [0.3, 0.4) is 0 Å². The monoisotopic (exact) mass is 267 g/mol. The Morgan fingerprint density at radius 3 is 2.68 bits per heavy atom. The molecule has 4 heteroatoms. The molecule has 0 saturated heterocycles. The molecule has 0 aliphatic heterocycles. The molecule has 1 fully saturated rings. The van der Waals surface area contributed by atoms with Crippen LogP contribution in [0.1, 0.15) is 39.0 Å². The molecular weight excluding hydrogens is 245 g/mol. The molecule has 0 radical (unpaired) electrons. The third-order valence-electron chi connectivity index (χ3n) is 3.64. The molecular formula is C15H22FNO2. The fourth-order valence-electron chi connectivity index (χ4n) is 2.54. The molecule has 1 aliphatic rings. The minimum Gasteiger partial charge on any atom is -0.491 e. The maximum Gasteiger partial charge on any atom is 0.167 e. The zero-order valence-corrected chi connectivity index (χ0v) is 11.4. The summed E-state index contributed by atoms with van der Waals surface area (Å²) in [6, 6.07) is 4.81. The van der Waals surface area contributed by atoms with E-state index in [9.17, 15) is 9.50 Å². The van der Waals surface area contributed by atoms with Gasteiger partial charge in [-0.05, 0) is 31.9 Å². The molecule has 0 unspecified atom stereocenters. The van der Waals surface area contributed by atoms with E-state index in [0.29, 0.717) is 18.8 Å². The van der Waals surface area contributed by atoms with Crippen LogP contribution in [0.15, 0.2) is 18.2 Å². The molecule has 3 nitrogen and oxygen atoms in total. The number of aliphatic hydroxyl groups is 1. The number of nitrogens with one attached hydrogen (secondary N) is 1. The Bertz CT molecular complexity index is 417. The molecule has 1 aliphatic carbocycles. The van der Waals surface area contributed by atoms with Gasteiger partial charge in [-0.2, -0.15) is 0 Å². The first kappa shape index (κ1) is 14.1. The van der Waals surface area contributed by atoms with Crippen molar-refractivity contribution in [3.63, 3.8) is 0 Å². The molecule has 2 N–H and O–H groups in total. The van der Waals surface area contributed by atoms with Gasteiger partial charge in [0.25, 0.3) is 0 Å². The molecule has 0 aromatic heterocycles. The highest BCUT2D eigenvalue weighted by Gasteiger charge is 2.28. The van der Waals surface area contributed by atoms with Crippen LogP contribution in [0.4, 0.5) is 10.1 Å². The van der Waals surface area contributed by atoms with E-state index in [2.05, 4.69) is 5.32 Å². The van der Waals surface area contributed by atoms with Crippen molar-refractivity contribution >= 4 is 5.69 Å². The van der Waals surface area contributed by atoms with Crippen molar-refractivity contribution in [2.75, 3.05) is 18.5 Å². The fraction of sp³-hybridized carbons (Fsp3) is 0.600. The second-order valence-corrected chi connectivity index (χ2v) is 5.22. The normalized spacial score (nSPS) is 18.1. The summed E-state index contributed by atoms with van der Waals surface area (Å²) in [6.45, 7) is 2.74. The number of rotatable bonds is 5. The summed E-state index contributed by atoms with van der Waals surface area (Å²) in [5.74, 6) is -0.105. The first-order valence-electron chi connectivity index (χ1n) is 7.01. The van der Waals surface area contributed by atoms with Crippen LogP contribution < -0.4 is 10.1 Å². The van der Waals surface area contributed by atoms with Crippen LogP contribution in [0.2, 0.25) is 0 Å². The molecule has 2 rings (SSSR count). The van der Waals surface area contributed by atoms with Gasteiger partial charge in [-0.15, -0.1) is 0 Å². The average Bonchev–Trinajstić information content (AvgIpc) is 2.40. The topological polar surface area (TPSA) is 41.5 Å². The maximum absolute atomic E-state index is 13.7. The van der Waals surface area contributed by atoms with Crippen LogP contribution >= 0.6 is 0 Å². The van der Waals surface area contributed by atoms with E-state index in [1.54, 1.807) is 12.1 Å². The first-order valence-corrected chi connectivity index (χ1v) is 7.01. The number of hydrogen-bond acceptors (Lipinski definition) is 3. The largest absolute Gasteiger partial charge is 0.491 e. The molecule has 0 bridgehead atoms. The second kappa shape index (κ2) is 6.24. The van der Waals surface area contributed by atoms with Gasteiger partial charge in [-0.3, -0.25) is 0 Å². The number of halogens is 1. The maximum atomic E-state index is 13.7. The summed E-state index contributed by atoms with van der Waals surface area (Å²) >= 11 is 0. The van der Waals surface area contributed by atoms with Gasteiger partial charge >= 0.3 is 0 Å². The van der Waals surface area contributed by atoms with Crippen molar-refractivity contribution in [1.82, 2.24) is 0 Å². The van der Waals surface area contributed by atoms with Gasteiger partial charge in [0.2, 0.25) is 0 Å². The predicted molar refractivity (Wildman–Crippen MR) is 74.1 cm³/mol. The van der Waals surface area contributed by atoms with Gasteiger partial charge in [-0.1, -0.05) is 19.3 Å². The van der Waals surface area contributed by atoms with Crippen LogP contribution in [0.25, 0.3) is 0 Å². The quantitative estimate of drug-likeness (QED) is 0.859. The van der Waals surface area contributed by atoms with E-state index in [1.807, 2.05) is 6.92 Å². The number of ether oxygens (including phenoxy) is 1. The number of benzene rings is 1. The standard InChI is InChI=1S/C15H22FNO2/c1-2-19-14-7-6-12(10-13(14)16)17-11-15(18)8-4-3-5-9-15/h6-7,10,17-18H,2-5,8-9,11H2,1H3. The molecule has 0 amide bonds. The summed E-state index contributed by atoms with van der Waals surface area (Å²) < 4.78 is 18.8. The summed E-state index contributed by atoms with van der Waals surface area (Å²) in [6.07, 6.45) is 4.96. The highest BCUT2D eigenvalue weighted by molar-refractivity contribution is 5.47. The average molecular weight is 267 g/mol. The predicted octanol–water partition coefficient (Wildman–Crippen LogP) is 3.33. The lowest BCUT2D eigenvalue weighted by molar-refractivity contribution is 0.0167. The van der Waals surface area contributed by atoms with Gasteiger partial charge in [0, 0.05) is 18.3 Å². The van der Waals surface area contributed by atoms with Crippen molar-refractivity contribution in [2.45, 2.75) is 44.6 Å². The third kappa shape index (κ3) is 3.83. The number of hydrogen-bond donors (Lipinski definition) is 2. The Kier molecular flexibility index (Phi) is 4.64. The van der Waals surface area contributed by atoms with Crippen molar-refractivity contribution < 1.29 is 14.2 Å². The molecule has 0 spiro atoms. The van der Waals surface area contributed by atoms with Crippen LogP contribution in [0, 0.1) is 5.82 Å². The minimum atomic E-state index is -0.646. The lowest BCUT2D eigenvalue weighted by Gasteiger charge is -2.32. The van der Waals surface area contributed by atoms with Crippen LogP contribution in [-0.4, -0.2) is 23.9 Å². The zero-order chi connectivity index (χ0) is 13.7. The molecule has 0 heterocycles. The summed E-state index contributed by atoms with van der Waals surface area (Å²) in [4.78, 5) is 0. The number of anilines is 1. The Hall–Kier alpha value is -1.29.